The van der Waals surface area contributed by atoms with Crippen LogP contribution >= 0.6 is 27.3 Å². The van der Waals surface area contributed by atoms with Gasteiger partial charge in [0.25, 0.3) is 0 Å². The van der Waals surface area contributed by atoms with Crippen molar-refractivity contribution in [3.8, 4) is 0 Å². The zero-order chi connectivity index (χ0) is 21.8. The summed E-state index contributed by atoms with van der Waals surface area (Å²) in [5.74, 6) is 0.698. The van der Waals surface area contributed by atoms with Crippen LogP contribution in [0, 0.1) is 11.8 Å². The minimum absolute atomic E-state index is 0.248. The summed E-state index contributed by atoms with van der Waals surface area (Å²) < 4.78 is 1.01. The number of rotatable bonds is 6. The molecule has 0 saturated carbocycles. The molecule has 5 nitrogen and oxygen atoms in total. The number of nitrogens with zero attached hydrogens (tertiary/aromatic N) is 4. The highest BCUT2D eigenvalue weighted by Gasteiger charge is 2.31. The number of pyridine rings is 1. The second-order valence-electron chi connectivity index (χ2n) is 8.67. The first-order chi connectivity index (χ1) is 15.8. The molecule has 1 N–H and O–H groups in total. The second-order valence-corrected chi connectivity index (χ2v) is 10.3. The van der Waals surface area contributed by atoms with Crippen molar-refractivity contribution in [3.05, 3.63) is 74.4 Å². The van der Waals surface area contributed by atoms with Gasteiger partial charge in [0.15, 0.2) is 0 Å². The minimum Gasteiger partial charge on any atom is -0.384 e. The number of likely N-dealkylation sites (tertiary alicyclic amines) is 1. The fourth-order valence-corrected chi connectivity index (χ4v) is 5.92. The number of halogens is 1. The number of fused-ring (bicyclic) bond motifs is 1. The molecule has 2 unspecified atom stereocenters. The number of piperidine rings is 1. The van der Waals surface area contributed by atoms with Gasteiger partial charge in [0.05, 0.1) is 10.2 Å². The molecule has 7 heteroatoms. The van der Waals surface area contributed by atoms with Gasteiger partial charge in [0.1, 0.15) is 0 Å². The maximum absolute atomic E-state index is 5.21. The lowest BCUT2D eigenvalue weighted by Gasteiger charge is -2.35. The van der Waals surface area contributed by atoms with Crippen LogP contribution in [-0.4, -0.2) is 41.4 Å². The van der Waals surface area contributed by atoms with Crippen molar-refractivity contribution in [3.63, 3.8) is 0 Å². The summed E-state index contributed by atoms with van der Waals surface area (Å²) in [5.41, 5.74) is 6.18. The van der Waals surface area contributed by atoms with E-state index in [0.717, 1.165) is 49.3 Å². The molecular weight excluding hydrogens is 482 g/mol. The summed E-state index contributed by atoms with van der Waals surface area (Å²) in [6.45, 7) is 4.84. The van der Waals surface area contributed by atoms with E-state index in [9.17, 15) is 0 Å². The number of aliphatic imine (C=N–C) groups is 2. The quantitative estimate of drug-likeness (QED) is 0.583. The van der Waals surface area contributed by atoms with Crippen molar-refractivity contribution in [2.75, 3.05) is 19.6 Å². The maximum Gasteiger partial charge on any atom is 0.0654 e. The van der Waals surface area contributed by atoms with Crippen LogP contribution in [0.15, 0.2) is 73.3 Å². The Balaban J connectivity index is 1.38. The lowest BCUT2D eigenvalue weighted by molar-refractivity contribution is 0.197. The van der Waals surface area contributed by atoms with E-state index in [2.05, 4.69) is 65.1 Å². The minimum atomic E-state index is 0.248. The van der Waals surface area contributed by atoms with Crippen molar-refractivity contribution in [2.45, 2.75) is 32.4 Å². The van der Waals surface area contributed by atoms with Crippen LogP contribution in [0.4, 0.5) is 0 Å². The normalized spacial score (nSPS) is 23.9. The topological polar surface area (TPSA) is 52.9 Å². The molecular formula is C25H28BrN5S. The molecule has 1 fully saturated rings. The monoisotopic (exact) mass is 509 g/mol. The van der Waals surface area contributed by atoms with Crippen LogP contribution in [0.3, 0.4) is 0 Å². The van der Waals surface area contributed by atoms with Crippen molar-refractivity contribution in [1.29, 1.82) is 0 Å². The molecule has 3 aliphatic rings. The molecule has 2 atom stereocenters. The molecule has 0 amide bonds. The van der Waals surface area contributed by atoms with E-state index in [1.54, 1.807) is 11.3 Å². The first kappa shape index (κ1) is 21.7. The molecule has 0 spiro atoms. The second kappa shape index (κ2) is 10.2. The SMILES string of the molecule is BrC1=C2N=C(C3CCCN(Cc4ccsc4)C3)C=C(NCc3cccnc3)C2CCN=C1. The molecule has 2 aromatic rings. The number of aromatic nitrogens is 1. The van der Waals surface area contributed by atoms with Crippen LogP contribution in [0.1, 0.15) is 30.4 Å². The average molecular weight is 511 g/mol. The van der Waals surface area contributed by atoms with Gasteiger partial charge in [-0.15, -0.1) is 0 Å². The van der Waals surface area contributed by atoms with Gasteiger partial charge in [-0.2, -0.15) is 11.3 Å². The Bertz CT molecular complexity index is 1040. The van der Waals surface area contributed by atoms with Crippen LogP contribution in [-0.2, 0) is 13.1 Å². The van der Waals surface area contributed by atoms with Gasteiger partial charge in [-0.1, -0.05) is 6.07 Å². The van der Waals surface area contributed by atoms with Crippen molar-refractivity contribution < 1.29 is 0 Å². The number of nitrogens with one attached hydrogen (secondary N) is 1. The molecule has 166 valence electrons. The zero-order valence-corrected chi connectivity index (χ0v) is 20.5. The third-order valence-electron chi connectivity index (χ3n) is 6.38. The fourth-order valence-electron chi connectivity index (χ4n) is 4.75. The average Bonchev–Trinajstić information content (AvgIpc) is 3.26. The van der Waals surface area contributed by atoms with Gasteiger partial charge in [0, 0.05) is 68.0 Å². The molecule has 32 heavy (non-hydrogen) atoms. The Labute approximate surface area is 202 Å². The van der Waals surface area contributed by atoms with Gasteiger partial charge >= 0.3 is 0 Å². The van der Waals surface area contributed by atoms with Crippen molar-refractivity contribution in [2.24, 2.45) is 21.8 Å². The Morgan fingerprint density at radius 3 is 3.03 bits per heavy atom. The predicted molar refractivity (Wildman–Crippen MR) is 136 cm³/mol. The van der Waals surface area contributed by atoms with E-state index in [1.165, 1.54) is 35.4 Å². The molecule has 5 rings (SSSR count). The third-order valence-corrected chi connectivity index (χ3v) is 7.73. The zero-order valence-electron chi connectivity index (χ0n) is 18.1. The Morgan fingerprint density at radius 1 is 1.22 bits per heavy atom. The van der Waals surface area contributed by atoms with Crippen LogP contribution in [0.5, 0.6) is 0 Å². The van der Waals surface area contributed by atoms with Gasteiger partial charge in [-0.3, -0.25) is 19.9 Å². The highest BCUT2D eigenvalue weighted by atomic mass is 79.9. The largest absolute Gasteiger partial charge is 0.384 e. The molecule has 0 radical (unpaired) electrons. The van der Waals surface area contributed by atoms with Gasteiger partial charge in [-0.05, 0) is 81.8 Å². The first-order valence-electron chi connectivity index (χ1n) is 11.3. The van der Waals surface area contributed by atoms with E-state index in [0.29, 0.717) is 5.92 Å². The summed E-state index contributed by atoms with van der Waals surface area (Å²) in [7, 11) is 0. The van der Waals surface area contributed by atoms with Crippen LogP contribution in [0.25, 0.3) is 0 Å². The molecule has 2 aromatic heterocycles. The summed E-state index contributed by atoms with van der Waals surface area (Å²) in [6, 6.07) is 6.35. The molecule has 3 aliphatic heterocycles. The van der Waals surface area contributed by atoms with Gasteiger partial charge < -0.3 is 5.32 Å². The summed E-state index contributed by atoms with van der Waals surface area (Å²) in [6.07, 6.45) is 11.4. The van der Waals surface area contributed by atoms with Crippen molar-refractivity contribution in [1.82, 2.24) is 15.2 Å². The lowest BCUT2D eigenvalue weighted by atomic mass is 9.87. The molecule has 0 aliphatic carbocycles. The number of hydrogen-bond donors (Lipinski definition) is 1. The number of hydrogen-bond acceptors (Lipinski definition) is 6. The lowest BCUT2D eigenvalue weighted by Crippen LogP contribution is -2.39. The Morgan fingerprint density at radius 2 is 2.19 bits per heavy atom. The predicted octanol–water partition coefficient (Wildman–Crippen LogP) is 5.18. The molecule has 0 aromatic carbocycles. The van der Waals surface area contributed by atoms with E-state index in [-0.39, 0.29) is 5.92 Å². The summed E-state index contributed by atoms with van der Waals surface area (Å²) >= 11 is 5.53. The molecule has 1 saturated heterocycles. The van der Waals surface area contributed by atoms with E-state index in [4.69, 9.17) is 4.99 Å². The van der Waals surface area contributed by atoms with Crippen LogP contribution in [0.2, 0.25) is 0 Å². The summed E-state index contributed by atoms with van der Waals surface area (Å²) in [5, 5.41) is 8.15. The molecule has 0 bridgehead atoms. The van der Waals surface area contributed by atoms with Crippen molar-refractivity contribution >= 4 is 39.2 Å². The van der Waals surface area contributed by atoms with E-state index in [1.807, 2.05) is 24.7 Å². The smallest absolute Gasteiger partial charge is 0.0654 e. The maximum atomic E-state index is 5.21. The number of allylic oxidation sites excluding steroid dienone is 2. The standard InChI is InChI=1S/C25H28BrN5S/c26-22-14-28-8-5-21-24(29-13-18-3-1-7-27-12-18)11-23(30-25(21)22)20-4-2-9-31(16-20)15-19-6-10-32-17-19/h1,3,6-7,10-12,14,17,20-21,29H,2,4-5,8-9,13,15-16H2. The summed E-state index contributed by atoms with van der Waals surface area (Å²) in [4.78, 5) is 16.6. The fraction of sp³-hybridized carbons (Fsp3) is 0.400. The molecule has 5 heterocycles. The van der Waals surface area contributed by atoms with Gasteiger partial charge in [-0.25, -0.2) is 0 Å². The number of thiophene rings is 1. The third kappa shape index (κ3) is 5.11. The van der Waals surface area contributed by atoms with Crippen LogP contribution < -0.4 is 5.32 Å². The Kier molecular flexibility index (Phi) is 6.95. The van der Waals surface area contributed by atoms with E-state index < -0.39 is 0 Å². The van der Waals surface area contributed by atoms with E-state index >= 15 is 0 Å². The number of dihydropyridines is 1. The first-order valence-corrected chi connectivity index (χ1v) is 13.1. The Hall–Kier alpha value is -2.09. The highest BCUT2D eigenvalue weighted by molar-refractivity contribution is 9.12. The highest BCUT2D eigenvalue weighted by Crippen LogP contribution is 2.35. The van der Waals surface area contributed by atoms with Gasteiger partial charge in [0.2, 0.25) is 0 Å².